The van der Waals surface area contributed by atoms with E-state index >= 15 is 0 Å². The first-order valence-electron chi connectivity index (χ1n) is 13.5. The van der Waals surface area contributed by atoms with Crippen molar-refractivity contribution in [1.29, 1.82) is 0 Å². The minimum atomic E-state index is -0.560. The van der Waals surface area contributed by atoms with Crippen molar-refractivity contribution in [3.63, 3.8) is 0 Å². The van der Waals surface area contributed by atoms with Crippen molar-refractivity contribution < 1.29 is 24.1 Å². The van der Waals surface area contributed by atoms with Gasteiger partial charge in [0.15, 0.2) is 6.61 Å². The second-order valence-electron chi connectivity index (χ2n) is 9.95. The van der Waals surface area contributed by atoms with Crippen LogP contribution in [0.4, 0.5) is 0 Å². The molecular formula is C31H37N3O5. The van der Waals surface area contributed by atoms with E-state index in [4.69, 9.17) is 14.2 Å². The number of hydrogen-bond acceptors (Lipinski definition) is 6. The van der Waals surface area contributed by atoms with Crippen LogP contribution in [-0.4, -0.2) is 91.2 Å². The Morgan fingerprint density at radius 3 is 2.26 bits per heavy atom. The highest BCUT2D eigenvalue weighted by Gasteiger charge is 2.18. The van der Waals surface area contributed by atoms with Crippen LogP contribution < -0.4 is 4.74 Å². The van der Waals surface area contributed by atoms with Crippen LogP contribution in [0.3, 0.4) is 0 Å². The fourth-order valence-corrected chi connectivity index (χ4v) is 5.22. The molecule has 2 heterocycles. The molecule has 1 aliphatic heterocycles. The summed E-state index contributed by atoms with van der Waals surface area (Å²) in [4.78, 5) is 16.3. The van der Waals surface area contributed by atoms with Crippen LogP contribution in [0.5, 0.6) is 5.75 Å². The maximum Gasteiger partial charge on any atom is 0.260 e. The molecule has 39 heavy (non-hydrogen) atoms. The van der Waals surface area contributed by atoms with E-state index in [9.17, 15) is 9.90 Å². The first-order valence-corrected chi connectivity index (χ1v) is 13.5. The predicted octanol–water partition coefficient (Wildman–Crippen LogP) is 3.54. The Kier molecular flexibility index (Phi) is 9.11. The molecule has 1 amide bonds. The summed E-state index contributed by atoms with van der Waals surface area (Å²) in [6, 6.07) is 24.5. The number of methoxy groups -OCH3 is 1. The summed E-state index contributed by atoms with van der Waals surface area (Å²) in [6.45, 7) is 5.36. The Morgan fingerprint density at radius 1 is 0.974 bits per heavy atom. The Bertz CT molecular complexity index is 1310. The zero-order valence-corrected chi connectivity index (χ0v) is 22.5. The van der Waals surface area contributed by atoms with Crippen LogP contribution in [-0.2, 0) is 27.4 Å². The first-order chi connectivity index (χ1) is 19.1. The average Bonchev–Trinajstić information content (AvgIpc) is 3.29. The fourth-order valence-electron chi connectivity index (χ4n) is 5.22. The largest absolute Gasteiger partial charge is 0.484 e. The number of aromatic nitrogens is 1. The third-order valence-corrected chi connectivity index (χ3v) is 7.21. The normalized spacial score (nSPS) is 14.8. The average molecular weight is 532 g/mol. The van der Waals surface area contributed by atoms with Crippen LogP contribution >= 0.6 is 0 Å². The van der Waals surface area contributed by atoms with Gasteiger partial charge in [0.05, 0.1) is 32.5 Å². The highest BCUT2D eigenvalue weighted by molar-refractivity contribution is 6.07. The molecule has 1 N–H and O–H groups in total. The Hall–Kier alpha value is -3.43. The molecule has 0 spiro atoms. The van der Waals surface area contributed by atoms with Crippen LogP contribution in [0.25, 0.3) is 21.8 Å². The molecule has 0 aliphatic carbocycles. The first kappa shape index (κ1) is 27.1. The molecule has 1 aliphatic rings. The van der Waals surface area contributed by atoms with E-state index in [0.29, 0.717) is 64.8 Å². The van der Waals surface area contributed by atoms with Gasteiger partial charge in [-0.15, -0.1) is 0 Å². The third kappa shape index (κ3) is 6.78. The number of carbonyl (C=O) groups excluding carboxylic acids is 1. The van der Waals surface area contributed by atoms with E-state index in [2.05, 4.69) is 45.9 Å². The molecule has 1 atom stereocenters. The maximum atomic E-state index is 12.3. The summed E-state index contributed by atoms with van der Waals surface area (Å²) in [5, 5.41) is 13.6. The van der Waals surface area contributed by atoms with Gasteiger partial charge >= 0.3 is 0 Å². The molecule has 0 radical (unpaired) electrons. The van der Waals surface area contributed by atoms with Gasteiger partial charge in [-0.1, -0.05) is 48.5 Å². The molecule has 1 fully saturated rings. The molecule has 1 saturated heterocycles. The van der Waals surface area contributed by atoms with Crippen molar-refractivity contribution in [2.24, 2.45) is 0 Å². The number of rotatable bonds is 12. The van der Waals surface area contributed by atoms with Crippen LogP contribution in [0.1, 0.15) is 5.56 Å². The zero-order valence-electron chi connectivity index (χ0n) is 22.5. The zero-order chi connectivity index (χ0) is 27.0. The van der Waals surface area contributed by atoms with Crippen molar-refractivity contribution in [3.8, 4) is 5.75 Å². The molecule has 0 saturated carbocycles. The lowest BCUT2D eigenvalue weighted by molar-refractivity contribution is -0.137. The monoisotopic (exact) mass is 531 g/mol. The van der Waals surface area contributed by atoms with Crippen LogP contribution in [0.15, 0.2) is 72.8 Å². The summed E-state index contributed by atoms with van der Waals surface area (Å²) >= 11 is 0. The van der Waals surface area contributed by atoms with Crippen molar-refractivity contribution in [2.45, 2.75) is 19.2 Å². The third-order valence-electron chi connectivity index (χ3n) is 7.21. The standard InChI is InChI=1S/C31H37N3O5/c1-37-17-14-32(20-24-10-12-26(13-11-24)39-23-31(36)33-15-18-38-19-16-33)21-25(35)22-34-29-8-4-2-6-27(29)28-7-3-5-9-30(28)34/h2-13,25,35H,14-23H2,1H3/t25-/m1/s1. The smallest absolute Gasteiger partial charge is 0.260 e. The van der Waals surface area contributed by atoms with Gasteiger partial charge in [-0.25, -0.2) is 0 Å². The predicted molar refractivity (Wildman–Crippen MR) is 152 cm³/mol. The minimum absolute atomic E-state index is 0.0221. The summed E-state index contributed by atoms with van der Waals surface area (Å²) < 4.78 is 18.6. The quantitative estimate of drug-likeness (QED) is 0.301. The van der Waals surface area contributed by atoms with Crippen LogP contribution in [0.2, 0.25) is 0 Å². The van der Waals surface area contributed by atoms with E-state index in [1.165, 1.54) is 10.8 Å². The van der Waals surface area contributed by atoms with Gasteiger partial charge in [0.1, 0.15) is 5.75 Å². The van der Waals surface area contributed by atoms with E-state index in [-0.39, 0.29) is 12.5 Å². The lowest BCUT2D eigenvalue weighted by Gasteiger charge is -2.26. The molecule has 206 valence electrons. The van der Waals surface area contributed by atoms with Crippen molar-refractivity contribution >= 4 is 27.7 Å². The Labute approximate surface area is 229 Å². The summed E-state index contributed by atoms with van der Waals surface area (Å²) in [5.74, 6) is 0.639. The summed E-state index contributed by atoms with van der Waals surface area (Å²) in [6.07, 6.45) is -0.560. The molecule has 8 heteroatoms. The molecule has 4 aromatic rings. The van der Waals surface area contributed by atoms with Gasteiger partial charge in [0.25, 0.3) is 5.91 Å². The second-order valence-corrected chi connectivity index (χ2v) is 9.95. The fraction of sp³-hybridized carbons (Fsp3) is 0.387. The van der Waals surface area contributed by atoms with Gasteiger partial charge in [-0.2, -0.15) is 0 Å². The van der Waals surface area contributed by atoms with Gasteiger partial charge in [0.2, 0.25) is 0 Å². The van der Waals surface area contributed by atoms with Crippen molar-refractivity contribution in [3.05, 3.63) is 78.4 Å². The number of nitrogens with zero attached hydrogens (tertiary/aromatic N) is 3. The molecular weight excluding hydrogens is 494 g/mol. The van der Waals surface area contributed by atoms with Crippen molar-refractivity contribution in [2.75, 3.05) is 59.7 Å². The number of ether oxygens (including phenoxy) is 3. The molecule has 0 unspecified atom stereocenters. The summed E-state index contributed by atoms with van der Waals surface area (Å²) in [7, 11) is 1.69. The topological polar surface area (TPSA) is 76.4 Å². The number of morpholine rings is 1. The van der Waals surface area contributed by atoms with E-state index in [0.717, 1.165) is 16.6 Å². The van der Waals surface area contributed by atoms with Gasteiger partial charge < -0.3 is 28.8 Å². The molecule has 5 rings (SSSR count). The lowest BCUT2D eigenvalue weighted by Crippen LogP contribution is -2.42. The molecule has 8 nitrogen and oxygen atoms in total. The lowest BCUT2D eigenvalue weighted by atomic mass is 10.2. The van der Waals surface area contributed by atoms with Gasteiger partial charge in [-0.05, 0) is 29.8 Å². The summed E-state index contributed by atoms with van der Waals surface area (Å²) in [5.41, 5.74) is 3.36. The number of aliphatic hydroxyl groups is 1. The Morgan fingerprint density at radius 2 is 1.62 bits per heavy atom. The highest BCUT2D eigenvalue weighted by Crippen LogP contribution is 2.29. The second kappa shape index (κ2) is 13.1. The van der Waals surface area contributed by atoms with E-state index < -0.39 is 6.10 Å². The SMILES string of the molecule is COCCN(Cc1ccc(OCC(=O)N2CCOCC2)cc1)C[C@@H](O)Cn1c2ccccc2c2ccccc21. The number of para-hydroxylation sites is 2. The number of hydrogen-bond donors (Lipinski definition) is 1. The van der Waals surface area contributed by atoms with E-state index in [1.807, 2.05) is 36.4 Å². The number of benzene rings is 3. The highest BCUT2D eigenvalue weighted by atomic mass is 16.5. The molecule has 3 aromatic carbocycles. The minimum Gasteiger partial charge on any atom is -0.484 e. The number of aliphatic hydroxyl groups excluding tert-OH is 1. The number of carbonyl (C=O) groups is 1. The number of amides is 1. The van der Waals surface area contributed by atoms with Gasteiger partial charge in [-0.3, -0.25) is 9.69 Å². The molecule has 0 bridgehead atoms. The Balaban J connectivity index is 1.21. The maximum absolute atomic E-state index is 12.3. The van der Waals surface area contributed by atoms with Crippen LogP contribution in [0, 0.1) is 0 Å². The van der Waals surface area contributed by atoms with Crippen molar-refractivity contribution in [1.82, 2.24) is 14.4 Å². The van der Waals surface area contributed by atoms with Gasteiger partial charge in [0, 0.05) is 61.6 Å². The van der Waals surface area contributed by atoms with E-state index in [1.54, 1.807) is 12.0 Å². The molecule has 1 aromatic heterocycles. The number of fused-ring (bicyclic) bond motifs is 3.